The van der Waals surface area contributed by atoms with Crippen LogP contribution >= 0.6 is 35.1 Å². The van der Waals surface area contributed by atoms with Gasteiger partial charge in [0.1, 0.15) is 0 Å². The highest BCUT2D eigenvalue weighted by molar-refractivity contribution is 8.17. The van der Waals surface area contributed by atoms with Gasteiger partial charge in [0.2, 0.25) is 5.24 Å². The average Bonchev–Trinajstić information content (AvgIpc) is 1.97. The summed E-state index contributed by atoms with van der Waals surface area (Å²) in [6, 6.07) is 0. The first kappa shape index (κ1) is 14.0. The van der Waals surface area contributed by atoms with Crippen molar-refractivity contribution in [3.05, 3.63) is 0 Å². The first-order valence-electron chi connectivity index (χ1n) is 3.90. The van der Waals surface area contributed by atoms with Gasteiger partial charge in [0.05, 0.1) is 0 Å². The van der Waals surface area contributed by atoms with E-state index in [1.54, 1.807) is 0 Å². The summed E-state index contributed by atoms with van der Waals surface area (Å²) in [6.45, 7) is 2.87. The maximum absolute atomic E-state index is 10.8. The minimum absolute atomic E-state index is 0.0267. The molecule has 6 heteroatoms. The SMILES string of the molecule is CC(=O)SCC(CC(=O)Cl)SC(C)=O. The van der Waals surface area contributed by atoms with E-state index in [-0.39, 0.29) is 21.9 Å². The highest BCUT2D eigenvalue weighted by Gasteiger charge is 2.16. The maximum Gasteiger partial charge on any atom is 0.222 e. The highest BCUT2D eigenvalue weighted by atomic mass is 35.5. The van der Waals surface area contributed by atoms with Gasteiger partial charge in [-0.3, -0.25) is 14.4 Å². The van der Waals surface area contributed by atoms with Gasteiger partial charge in [-0.1, -0.05) is 23.5 Å². The topological polar surface area (TPSA) is 51.2 Å². The van der Waals surface area contributed by atoms with Crippen LogP contribution in [-0.2, 0) is 14.4 Å². The molecule has 0 aliphatic rings. The lowest BCUT2D eigenvalue weighted by Crippen LogP contribution is -2.13. The number of carbonyl (C=O) groups is 3. The molecule has 0 bridgehead atoms. The Hall–Kier alpha value is -0.000000000000000111. The third-order valence-corrected chi connectivity index (χ3v) is 3.53. The Bertz CT molecular complexity index is 227. The van der Waals surface area contributed by atoms with Crippen molar-refractivity contribution < 1.29 is 14.4 Å². The lowest BCUT2D eigenvalue weighted by atomic mass is 10.4. The normalized spacial score (nSPS) is 12.2. The Labute approximate surface area is 96.3 Å². The standard InChI is InChI=1S/C8H11ClO3S2/c1-5(10)13-4-7(3-8(9)12)14-6(2)11/h7H,3-4H2,1-2H3. The molecule has 0 fully saturated rings. The third kappa shape index (κ3) is 8.59. The predicted octanol–water partition coefficient (Wildman–Crippen LogP) is 2.07. The van der Waals surface area contributed by atoms with E-state index in [0.29, 0.717) is 5.75 Å². The summed E-state index contributed by atoms with van der Waals surface area (Å²) in [5, 5.41) is -0.780. The molecule has 0 aromatic carbocycles. The summed E-state index contributed by atoms with van der Waals surface area (Å²) < 4.78 is 0. The Balaban J connectivity index is 4.03. The molecule has 0 aliphatic heterocycles. The summed E-state index contributed by atoms with van der Waals surface area (Å²) in [6.07, 6.45) is 0.117. The first-order valence-corrected chi connectivity index (χ1v) is 6.15. The summed E-state index contributed by atoms with van der Waals surface area (Å²) in [4.78, 5) is 32.1. The van der Waals surface area contributed by atoms with Crippen LogP contribution in [0.15, 0.2) is 0 Å². The average molecular weight is 255 g/mol. The van der Waals surface area contributed by atoms with Crippen LogP contribution in [0, 0.1) is 0 Å². The fourth-order valence-corrected chi connectivity index (χ4v) is 2.76. The van der Waals surface area contributed by atoms with Crippen molar-refractivity contribution >= 4 is 50.6 Å². The molecule has 14 heavy (non-hydrogen) atoms. The van der Waals surface area contributed by atoms with Crippen LogP contribution < -0.4 is 0 Å². The van der Waals surface area contributed by atoms with Gasteiger partial charge in [-0.25, -0.2) is 0 Å². The molecule has 0 rings (SSSR count). The van der Waals surface area contributed by atoms with Crippen molar-refractivity contribution in [3.8, 4) is 0 Å². The molecule has 0 radical (unpaired) electrons. The predicted molar refractivity (Wildman–Crippen MR) is 60.7 cm³/mol. The zero-order valence-electron chi connectivity index (χ0n) is 7.91. The summed E-state index contributed by atoms with van der Waals surface area (Å²) in [7, 11) is 0. The van der Waals surface area contributed by atoms with E-state index in [1.165, 1.54) is 13.8 Å². The van der Waals surface area contributed by atoms with Gasteiger partial charge >= 0.3 is 0 Å². The van der Waals surface area contributed by atoms with E-state index in [2.05, 4.69) is 0 Å². The molecule has 0 saturated carbocycles. The molecule has 1 unspecified atom stereocenters. The Morgan fingerprint density at radius 1 is 1.21 bits per heavy atom. The van der Waals surface area contributed by atoms with Crippen LogP contribution in [0.25, 0.3) is 0 Å². The van der Waals surface area contributed by atoms with Gasteiger partial charge in [0, 0.05) is 31.3 Å². The van der Waals surface area contributed by atoms with Gasteiger partial charge in [0.15, 0.2) is 10.2 Å². The van der Waals surface area contributed by atoms with Crippen molar-refractivity contribution in [1.29, 1.82) is 0 Å². The molecule has 0 N–H and O–H groups in total. The maximum atomic E-state index is 10.8. The second-order valence-electron chi connectivity index (χ2n) is 2.59. The number of rotatable bonds is 5. The molecular formula is C8H11ClO3S2. The molecular weight excluding hydrogens is 244 g/mol. The minimum atomic E-state index is -0.479. The third-order valence-electron chi connectivity index (χ3n) is 1.19. The summed E-state index contributed by atoms with van der Waals surface area (Å²) in [5.74, 6) is 0.443. The van der Waals surface area contributed by atoms with Crippen molar-refractivity contribution in [2.24, 2.45) is 0 Å². The molecule has 0 aliphatic carbocycles. The summed E-state index contributed by atoms with van der Waals surface area (Å²) in [5.41, 5.74) is 0. The number of thioether (sulfide) groups is 2. The zero-order valence-corrected chi connectivity index (χ0v) is 10.3. The van der Waals surface area contributed by atoms with E-state index in [0.717, 1.165) is 23.5 Å². The van der Waals surface area contributed by atoms with E-state index in [9.17, 15) is 14.4 Å². The van der Waals surface area contributed by atoms with E-state index < -0.39 is 5.24 Å². The van der Waals surface area contributed by atoms with Gasteiger partial charge in [-0.15, -0.1) is 0 Å². The number of hydrogen-bond acceptors (Lipinski definition) is 5. The van der Waals surface area contributed by atoms with Gasteiger partial charge in [0.25, 0.3) is 0 Å². The fourth-order valence-electron chi connectivity index (χ4n) is 0.759. The Kier molecular flexibility index (Phi) is 7.31. The molecule has 0 spiro atoms. The molecule has 0 heterocycles. The van der Waals surface area contributed by atoms with Crippen LogP contribution in [-0.4, -0.2) is 26.5 Å². The lowest BCUT2D eigenvalue weighted by molar-refractivity contribution is -0.111. The Morgan fingerprint density at radius 2 is 1.79 bits per heavy atom. The van der Waals surface area contributed by atoms with Crippen LogP contribution in [0.3, 0.4) is 0 Å². The number of hydrogen-bond donors (Lipinski definition) is 0. The van der Waals surface area contributed by atoms with Crippen molar-refractivity contribution in [1.82, 2.24) is 0 Å². The van der Waals surface area contributed by atoms with Crippen LogP contribution in [0.1, 0.15) is 20.3 Å². The van der Waals surface area contributed by atoms with E-state index >= 15 is 0 Å². The van der Waals surface area contributed by atoms with Crippen LogP contribution in [0.4, 0.5) is 0 Å². The lowest BCUT2D eigenvalue weighted by Gasteiger charge is -2.10. The van der Waals surface area contributed by atoms with Gasteiger partial charge in [-0.05, 0) is 11.6 Å². The van der Waals surface area contributed by atoms with Gasteiger partial charge in [-0.2, -0.15) is 0 Å². The van der Waals surface area contributed by atoms with E-state index in [4.69, 9.17) is 11.6 Å². The monoisotopic (exact) mass is 254 g/mol. The molecule has 0 aromatic rings. The first-order chi connectivity index (χ1) is 6.41. The molecule has 0 saturated heterocycles. The second-order valence-corrected chi connectivity index (χ2v) is 5.69. The largest absolute Gasteiger partial charge is 0.288 e. The Morgan fingerprint density at radius 3 is 2.14 bits per heavy atom. The molecule has 3 nitrogen and oxygen atoms in total. The molecule has 80 valence electrons. The smallest absolute Gasteiger partial charge is 0.222 e. The number of halogens is 1. The second kappa shape index (κ2) is 7.31. The minimum Gasteiger partial charge on any atom is -0.288 e. The summed E-state index contributed by atoms with van der Waals surface area (Å²) >= 11 is 7.37. The molecule has 0 aromatic heterocycles. The van der Waals surface area contributed by atoms with E-state index in [1.807, 2.05) is 0 Å². The highest BCUT2D eigenvalue weighted by Crippen LogP contribution is 2.21. The zero-order chi connectivity index (χ0) is 11.1. The fraction of sp³-hybridized carbons (Fsp3) is 0.625. The van der Waals surface area contributed by atoms with Crippen LogP contribution in [0.2, 0.25) is 0 Å². The van der Waals surface area contributed by atoms with Gasteiger partial charge < -0.3 is 0 Å². The van der Waals surface area contributed by atoms with Crippen molar-refractivity contribution in [2.75, 3.05) is 5.75 Å². The molecule has 1 atom stereocenters. The van der Waals surface area contributed by atoms with Crippen LogP contribution in [0.5, 0.6) is 0 Å². The van der Waals surface area contributed by atoms with Crippen molar-refractivity contribution in [2.45, 2.75) is 25.5 Å². The number of carbonyl (C=O) groups excluding carboxylic acids is 3. The quantitative estimate of drug-likeness (QED) is 0.703. The molecule has 0 amide bonds. The van der Waals surface area contributed by atoms with Crippen molar-refractivity contribution in [3.63, 3.8) is 0 Å².